The minimum Gasteiger partial charge on any atom is -0.480 e. The summed E-state index contributed by atoms with van der Waals surface area (Å²) in [5.41, 5.74) is 3.30. The number of aromatic amines is 1. The van der Waals surface area contributed by atoms with Crippen molar-refractivity contribution >= 4 is 10.9 Å². The van der Waals surface area contributed by atoms with E-state index in [9.17, 15) is 0 Å². The Morgan fingerprint density at radius 1 is 1.27 bits per heavy atom. The van der Waals surface area contributed by atoms with Gasteiger partial charge in [-0.1, -0.05) is 12.1 Å². The third-order valence-corrected chi connectivity index (χ3v) is 3.88. The van der Waals surface area contributed by atoms with Crippen molar-refractivity contribution in [2.75, 3.05) is 20.7 Å². The summed E-state index contributed by atoms with van der Waals surface area (Å²) in [7, 11) is 3.60. The molecule has 2 N–H and O–H groups in total. The molecule has 0 fully saturated rings. The van der Waals surface area contributed by atoms with Gasteiger partial charge >= 0.3 is 0 Å². The smallest absolute Gasteiger partial charge is 0.240 e. The lowest BCUT2D eigenvalue weighted by Gasteiger charge is -2.17. The lowest BCUT2D eigenvalue weighted by atomic mass is 9.91. The first-order chi connectivity index (χ1) is 10.8. The number of methoxy groups -OCH3 is 1. The van der Waals surface area contributed by atoms with Gasteiger partial charge in [-0.3, -0.25) is 10.1 Å². The number of benzene rings is 1. The van der Waals surface area contributed by atoms with Crippen molar-refractivity contribution in [3.63, 3.8) is 0 Å². The summed E-state index contributed by atoms with van der Waals surface area (Å²) in [6.07, 6.45) is 2.84. The molecule has 0 saturated carbocycles. The van der Waals surface area contributed by atoms with Crippen molar-refractivity contribution in [3.05, 3.63) is 53.9 Å². The summed E-state index contributed by atoms with van der Waals surface area (Å²) >= 11 is 0. The molecule has 5 heteroatoms. The molecule has 3 aromatic rings. The number of ether oxygens (including phenoxy) is 1. The Kier molecular flexibility index (Phi) is 4.34. The zero-order valence-electron chi connectivity index (χ0n) is 12.8. The Labute approximate surface area is 129 Å². The van der Waals surface area contributed by atoms with Crippen LogP contribution in [0, 0.1) is 0 Å². The molecule has 0 amide bonds. The number of fused-ring (bicyclic) bond motifs is 1. The zero-order chi connectivity index (χ0) is 15.4. The van der Waals surface area contributed by atoms with Crippen LogP contribution in [-0.2, 0) is 0 Å². The topological polar surface area (TPSA) is 62.8 Å². The predicted octanol–water partition coefficient (Wildman–Crippen LogP) is 2.71. The standard InChI is InChI=1S/C17H20N4O/c1-18-10-8-13(15-5-3-4-9-19-15)12-6-7-14-16(11-12)20-21-17(14)22-2/h3-7,9,11,13,18H,8,10H2,1-2H3,(H,20,21). The van der Waals surface area contributed by atoms with E-state index in [2.05, 4.69) is 44.8 Å². The van der Waals surface area contributed by atoms with E-state index in [1.165, 1.54) is 5.56 Å². The minimum atomic E-state index is 0.257. The molecular formula is C17H20N4O. The summed E-state index contributed by atoms with van der Waals surface area (Å²) in [6, 6.07) is 12.4. The van der Waals surface area contributed by atoms with Crippen molar-refractivity contribution in [2.24, 2.45) is 0 Å². The van der Waals surface area contributed by atoms with E-state index in [0.29, 0.717) is 5.88 Å². The fourth-order valence-corrected chi connectivity index (χ4v) is 2.74. The van der Waals surface area contributed by atoms with Crippen LogP contribution in [0.4, 0.5) is 0 Å². The van der Waals surface area contributed by atoms with Crippen LogP contribution < -0.4 is 10.1 Å². The van der Waals surface area contributed by atoms with Gasteiger partial charge < -0.3 is 10.1 Å². The molecule has 0 spiro atoms. The van der Waals surface area contributed by atoms with Crippen molar-refractivity contribution in [2.45, 2.75) is 12.3 Å². The summed E-state index contributed by atoms with van der Waals surface area (Å²) < 4.78 is 5.25. The molecule has 22 heavy (non-hydrogen) atoms. The number of aromatic nitrogens is 3. The molecule has 1 atom stereocenters. The average Bonchev–Trinajstić information content (AvgIpc) is 2.98. The van der Waals surface area contributed by atoms with E-state index in [-0.39, 0.29) is 5.92 Å². The van der Waals surface area contributed by atoms with Crippen LogP contribution in [0.2, 0.25) is 0 Å². The van der Waals surface area contributed by atoms with Gasteiger partial charge in [0.2, 0.25) is 5.88 Å². The number of hydrogen-bond acceptors (Lipinski definition) is 4. The number of hydrogen-bond donors (Lipinski definition) is 2. The number of nitrogens with one attached hydrogen (secondary N) is 2. The van der Waals surface area contributed by atoms with Crippen molar-refractivity contribution in [1.29, 1.82) is 0 Å². The second-order valence-electron chi connectivity index (χ2n) is 5.24. The molecule has 5 nitrogen and oxygen atoms in total. The zero-order valence-corrected chi connectivity index (χ0v) is 12.8. The SMILES string of the molecule is CNCCC(c1ccc2c(OC)n[nH]c2c1)c1ccccn1. The maximum Gasteiger partial charge on any atom is 0.240 e. The van der Waals surface area contributed by atoms with E-state index in [4.69, 9.17) is 4.74 Å². The Morgan fingerprint density at radius 3 is 2.91 bits per heavy atom. The summed E-state index contributed by atoms with van der Waals surface area (Å²) in [5.74, 6) is 0.888. The Balaban J connectivity index is 2.00. The van der Waals surface area contributed by atoms with Crippen molar-refractivity contribution < 1.29 is 4.74 Å². The second-order valence-corrected chi connectivity index (χ2v) is 5.24. The van der Waals surface area contributed by atoms with Crippen LogP contribution >= 0.6 is 0 Å². The molecule has 1 unspecified atom stereocenters. The molecule has 0 saturated heterocycles. The first-order valence-electron chi connectivity index (χ1n) is 7.41. The first-order valence-corrected chi connectivity index (χ1v) is 7.41. The van der Waals surface area contributed by atoms with Crippen LogP contribution in [0.25, 0.3) is 10.9 Å². The molecule has 1 aromatic carbocycles. The first kappa shape index (κ1) is 14.5. The van der Waals surface area contributed by atoms with Gasteiger partial charge in [-0.2, -0.15) is 0 Å². The lowest BCUT2D eigenvalue weighted by molar-refractivity contribution is 0.401. The number of pyridine rings is 1. The van der Waals surface area contributed by atoms with Gasteiger partial charge in [0.25, 0.3) is 0 Å². The van der Waals surface area contributed by atoms with Crippen LogP contribution in [0.15, 0.2) is 42.6 Å². The third-order valence-electron chi connectivity index (χ3n) is 3.88. The highest BCUT2D eigenvalue weighted by Crippen LogP contribution is 2.30. The Bertz CT molecular complexity index is 739. The van der Waals surface area contributed by atoms with Gasteiger partial charge in [0.1, 0.15) is 0 Å². The van der Waals surface area contributed by atoms with Gasteiger partial charge in [-0.05, 0) is 49.8 Å². The molecular weight excluding hydrogens is 276 g/mol. The molecule has 0 aliphatic heterocycles. The predicted molar refractivity (Wildman–Crippen MR) is 87.3 cm³/mol. The quantitative estimate of drug-likeness (QED) is 0.734. The van der Waals surface area contributed by atoms with Crippen LogP contribution in [0.3, 0.4) is 0 Å². The van der Waals surface area contributed by atoms with Crippen molar-refractivity contribution in [1.82, 2.24) is 20.5 Å². The molecule has 0 aliphatic rings. The van der Waals surface area contributed by atoms with E-state index in [1.807, 2.05) is 25.4 Å². The second kappa shape index (κ2) is 6.58. The van der Waals surface area contributed by atoms with Crippen LogP contribution in [0.1, 0.15) is 23.6 Å². The van der Waals surface area contributed by atoms with Crippen LogP contribution in [-0.4, -0.2) is 35.9 Å². The van der Waals surface area contributed by atoms with Gasteiger partial charge in [0.15, 0.2) is 0 Å². The highest BCUT2D eigenvalue weighted by atomic mass is 16.5. The maximum atomic E-state index is 5.25. The van der Waals surface area contributed by atoms with Crippen molar-refractivity contribution in [3.8, 4) is 5.88 Å². The highest BCUT2D eigenvalue weighted by Gasteiger charge is 2.16. The van der Waals surface area contributed by atoms with Gasteiger partial charge in [-0.15, -0.1) is 5.10 Å². The van der Waals surface area contributed by atoms with E-state index >= 15 is 0 Å². The summed E-state index contributed by atoms with van der Waals surface area (Å²) in [6.45, 7) is 0.936. The number of H-pyrrole nitrogens is 1. The van der Waals surface area contributed by atoms with E-state index in [0.717, 1.165) is 29.6 Å². The average molecular weight is 296 g/mol. The molecule has 2 aromatic heterocycles. The monoisotopic (exact) mass is 296 g/mol. The normalized spacial score (nSPS) is 12.5. The largest absolute Gasteiger partial charge is 0.480 e. The summed E-state index contributed by atoms with van der Waals surface area (Å²) in [4.78, 5) is 4.53. The molecule has 0 bridgehead atoms. The molecule has 0 radical (unpaired) electrons. The fourth-order valence-electron chi connectivity index (χ4n) is 2.74. The lowest BCUT2D eigenvalue weighted by Crippen LogP contribution is -2.14. The van der Waals surface area contributed by atoms with Gasteiger partial charge in [0.05, 0.1) is 18.0 Å². The van der Waals surface area contributed by atoms with Gasteiger partial charge in [0, 0.05) is 17.8 Å². The molecule has 2 heterocycles. The third kappa shape index (κ3) is 2.80. The van der Waals surface area contributed by atoms with E-state index in [1.54, 1.807) is 7.11 Å². The van der Waals surface area contributed by atoms with E-state index < -0.39 is 0 Å². The fraction of sp³-hybridized carbons (Fsp3) is 0.294. The molecule has 3 rings (SSSR count). The maximum absolute atomic E-state index is 5.25. The number of nitrogens with zero attached hydrogens (tertiary/aromatic N) is 2. The minimum absolute atomic E-state index is 0.257. The highest BCUT2D eigenvalue weighted by molar-refractivity contribution is 5.84. The number of rotatable bonds is 6. The Hall–Kier alpha value is -2.40. The molecule has 114 valence electrons. The van der Waals surface area contributed by atoms with Gasteiger partial charge in [-0.25, -0.2) is 0 Å². The molecule has 0 aliphatic carbocycles. The van der Waals surface area contributed by atoms with Crippen LogP contribution in [0.5, 0.6) is 5.88 Å². The Morgan fingerprint density at radius 2 is 2.18 bits per heavy atom. The summed E-state index contributed by atoms with van der Waals surface area (Å²) in [5, 5.41) is 11.4.